The average molecular weight is 382 g/mol. The van der Waals surface area contributed by atoms with Crippen molar-refractivity contribution in [2.45, 2.75) is 32.2 Å². The molecule has 3 rings (SSSR count). The predicted molar refractivity (Wildman–Crippen MR) is 116 cm³/mol. The number of unbranched alkanes of at least 4 members (excludes halogenated alkanes) is 1. The SMILES string of the molecule is CCCCOc1ccc(C(=O)N(C)c2ccc(N3CCC(NC)C3)cc2)cc1. The quantitative estimate of drug-likeness (QED) is 0.704. The Hall–Kier alpha value is -2.53. The van der Waals surface area contributed by atoms with Gasteiger partial charge in [0.1, 0.15) is 5.75 Å². The Morgan fingerprint density at radius 1 is 1.18 bits per heavy atom. The van der Waals surface area contributed by atoms with Gasteiger partial charge in [-0.2, -0.15) is 0 Å². The van der Waals surface area contributed by atoms with Crippen molar-refractivity contribution in [2.24, 2.45) is 0 Å². The molecular weight excluding hydrogens is 350 g/mol. The van der Waals surface area contributed by atoms with Gasteiger partial charge in [0.2, 0.25) is 0 Å². The first-order chi connectivity index (χ1) is 13.6. The van der Waals surface area contributed by atoms with E-state index in [1.54, 1.807) is 4.90 Å². The monoisotopic (exact) mass is 381 g/mol. The Bertz CT molecular complexity index is 758. The summed E-state index contributed by atoms with van der Waals surface area (Å²) in [4.78, 5) is 16.9. The zero-order valence-corrected chi connectivity index (χ0v) is 17.1. The number of anilines is 2. The van der Waals surface area contributed by atoms with Crippen LogP contribution in [0.25, 0.3) is 0 Å². The lowest BCUT2D eigenvalue weighted by Crippen LogP contribution is -2.29. The molecule has 2 aromatic rings. The third kappa shape index (κ3) is 4.84. The summed E-state index contributed by atoms with van der Waals surface area (Å²) in [5.41, 5.74) is 2.75. The van der Waals surface area contributed by atoms with Gasteiger partial charge in [0.15, 0.2) is 0 Å². The summed E-state index contributed by atoms with van der Waals surface area (Å²) < 4.78 is 5.67. The molecule has 0 aliphatic carbocycles. The van der Waals surface area contributed by atoms with Crippen LogP contribution in [0.3, 0.4) is 0 Å². The molecule has 5 nitrogen and oxygen atoms in total. The fraction of sp³-hybridized carbons (Fsp3) is 0.435. The number of likely N-dealkylation sites (N-methyl/N-ethyl adjacent to an activating group) is 1. The van der Waals surface area contributed by atoms with Crippen molar-refractivity contribution in [2.75, 3.05) is 43.6 Å². The number of hydrogen-bond donors (Lipinski definition) is 1. The molecule has 0 aromatic heterocycles. The van der Waals surface area contributed by atoms with Crippen LogP contribution in [0.2, 0.25) is 0 Å². The zero-order chi connectivity index (χ0) is 19.9. The summed E-state index contributed by atoms with van der Waals surface area (Å²) in [7, 11) is 3.83. The van der Waals surface area contributed by atoms with Crippen LogP contribution in [0.1, 0.15) is 36.5 Å². The number of carbonyl (C=O) groups excluding carboxylic acids is 1. The van der Waals surface area contributed by atoms with Crippen LogP contribution in [-0.2, 0) is 0 Å². The second-order valence-electron chi connectivity index (χ2n) is 7.33. The molecule has 1 amide bonds. The number of carbonyl (C=O) groups is 1. The van der Waals surface area contributed by atoms with Gasteiger partial charge in [-0.1, -0.05) is 13.3 Å². The van der Waals surface area contributed by atoms with Crippen LogP contribution in [0.15, 0.2) is 48.5 Å². The van der Waals surface area contributed by atoms with Crippen LogP contribution in [0.4, 0.5) is 11.4 Å². The molecule has 1 unspecified atom stereocenters. The molecule has 1 aliphatic heterocycles. The molecule has 1 fully saturated rings. The van der Waals surface area contributed by atoms with Crippen LogP contribution in [0.5, 0.6) is 5.75 Å². The first-order valence-corrected chi connectivity index (χ1v) is 10.2. The second kappa shape index (κ2) is 9.60. The molecule has 1 aliphatic rings. The zero-order valence-electron chi connectivity index (χ0n) is 17.1. The van der Waals surface area contributed by atoms with Gasteiger partial charge < -0.3 is 19.9 Å². The first kappa shape index (κ1) is 20.2. The van der Waals surface area contributed by atoms with Crippen molar-refractivity contribution < 1.29 is 9.53 Å². The summed E-state index contributed by atoms with van der Waals surface area (Å²) in [5.74, 6) is 0.784. The number of rotatable bonds is 8. The van der Waals surface area contributed by atoms with Crippen LogP contribution < -0.4 is 19.9 Å². The first-order valence-electron chi connectivity index (χ1n) is 10.2. The standard InChI is InChI=1S/C23H31N3O2/c1-4-5-16-28-22-12-6-18(7-13-22)23(27)25(3)20-8-10-21(11-9-20)26-15-14-19(17-26)24-2/h6-13,19,24H,4-5,14-17H2,1-3H3. The number of nitrogens with one attached hydrogen (secondary N) is 1. The number of ether oxygens (including phenoxy) is 1. The number of amides is 1. The van der Waals surface area contributed by atoms with Gasteiger partial charge in [0.25, 0.3) is 5.91 Å². The molecule has 28 heavy (non-hydrogen) atoms. The molecule has 0 bridgehead atoms. The van der Waals surface area contributed by atoms with Crippen molar-refractivity contribution in [3.63, 3.8) is 0 Å². The van der Waals surface area contributed by atoms with Gasteiger partial charge >= 0.3 is 0 Å². The predicted octanol–water partition coefficient (Wildman–Crippen LogP) is 3.94. The highest BCUT2D eigenvalue weighted by Gasteiger charge is 2.21. The van der Waals surface area contributed by atoms with Gasteiger partial charge in [-0.3, -0.25) is 4.79 Å². The van der Waals surface area contributed by atoms with E-state index in [1.807, 2.05) is 50.5 Å². The van der Waals surface area contributed by atoms with E-state index in [1.165, 1.54) is 5.69 Å². The Kier molecular flexibility index (Phi) is 6.93. The second-order valence-corrected chi connectivity index (χ2v) is 7.33. The van der Waals surface area contributed by atoms with E-state index in [0.717, 1.165) is 43.8 Å². The van der Waals surface area contributed by atoms with Crippen LogP contribution in [0, 0.1) is 0 Å². The molecule has 1 N–H and O–H groups in total. The molecule has 1 saturated heterocycles. The summed E-state index contributed by atoms with van der Waals surface area (Å²) in [6, 6.07) is 16.2. The minimum Gasteiger partial charge on any atom is -0.494 e. The topological polar surface area (TPSA) is 44.8 Å². The van der Waals surface area contributed by atoms with Gasteiger partial charge in [0, 0.05) is 43.1 Å². The smallest absolute Gasteiger partial charge is 0.258 e. The summed E-state index contributed by atoms with van der Waals surface area (Å²) in [6.07, 6.45) is 3.30. The lowest BCUT2D eigenvalue weighted by atomic mass is 10.1. The number of hydrogen-bond acceptors (Lipinski definition) is 4. The molecule has 2 aromatic carbocycles. The Morgan fingerprint density at radius 2 is 1.89 bits per heavy atom. The molecule has 5 heteroatoms. The third-order valence-electron chi connectivity index (χ3n) is 5.37. The highest BCUT2D eigenvalue weighted by molar-refractivity contribution is 6.05. The largest absolute Gasteiger partial charge is 0.494 e. The number of benzene rings is 2. The van der Waals surface area contributed by atoms with Gasteiger partial charge in [-0.15, -0.1) is 0 Å². The molecule has 0 saturated carbocycles. The highest BCUT2D eigenvalue weighted by Crippen LogP contribution is 2.24. The highest BCUT2D eigenvalue weighted by atomic mass is 16.5. The Balaban J connectivity index is 1.61. The van der Waals surface area contributed by atoms with Crippen LogP contribution in [-0.4, -0.2) is 45.7 Å². The van der Waals surface area contributed by atoms with Crippen molar-refractivity contribution in [1.29, 1.82) is 0 Å². The summed E-state index contributed by atoms with van der Waals surface area (Å²) in [6.45, 7) is 4.93. The summed E-state index contributed by atoms with van der Waals surface area (Å²) >= 11 is 0. The molecule has 0 spiro atoms. The maximum absolute atomic E-state index is 12.8. The molecule has 0 radical (unpaired) electrons. The minimum atomic E-state index is -0.0238. The lowest BCUT2D eigenvalue weighted by Gasteiger charge is -2.21. The minimum absolute atomic E-state index is 0.0238. The van der Waals surface area contributed by atoms with Crippen molar-refractivity contribution in [3.05, 3.63) is 54.1 Å². The normalized spacial score (nSPS) is 16.2. The maximum atomic E-state index is 12.8. The lowest BCUT2D eigenvalue weighted by molar-refractivity contribution is 0.0993. The van der Waals surface area contributed by atoms with Gasteiger partial charge in [-0.05, 0) is 68.4 Å². The van der Waals surface area contributed by atoms with E-state index in [9.17, 15) is 4.79 Å². The molecular formula is C23H31N3O2. The van der Waals surface area contributed by atoms with E-state index >= 15 is 0 Å². The fourth-order valence-corrected chi connectivity index (χ4v) is 3.46. The Morgan fingerprint density at radius 3 is 2.50 bits per heavy atom. The molecule has 1 heterocycles. The van der Waals surface area contributed by atoms with Gasteiger partial charge in [0.05, 0.1) is 6.61 Å². The number of nitrogens with zero attached hydrogens (tertiary/aromatic N) is 2. The van der Waals surface area contributed by atoms with Gasteiger partial charge in [-0.25, -0.2) is 0 Å². The molecule has 150 valence electrons. The summed E-state index contributed by atoms with van der Waals surface area (Å²) in [5, 5.41) is 3.34. The third-order valence-corrected chi connectivity index (χ3v) is 5.37. The van der Waals surface area contributed by atoms with E-state index < -0.39 is 0 Å². The van der Waals surface area contributed by atoms with E-state index in [4.69, 9.17) is 4.74 Å². The fourth-order valence-electron chi connectivity index (χ4n) is 3.46. The van der Waals surface area contributed by atoms with Crippen LogP contribution >= 0.6 is 0 Å². The Labute approximate surface area is 168 Å². The van der Waals surface area contributed by atoms with Crippen molar-refractivity contribution in [3.8, 4) is 5.75 Å². The van der Waals surface area contributed by atoms with Crippen molar-refractivity contribution >= 4 is 17.3 Å². The maximum Gasteiger partial charge on any atom is 0.258 e. The van der Waals surface area contributed by atoms with Crippen molar-refractivity contribution in [1.82, 2.24) is 5.32 Å². The van der Waals surface area contributed by atoms with E-state index in [2.05, 4.69) is 29.3 Å². The average Bonchev–Trinajstić information content (AvgIpc) is 3.23. The van der Waals surface area contributed by atoms with E-state index in [0.29, 0.717) is 18.2 Å². The molecule has 1 atom stereocenters. The van der Waals surface area contributed by atoms with E-state index in [-0.39, 0.29) is 5.91 Å².